The van der Waals surface area contributed by atoms with Crippen molar-refractivity contribution >= 4 is 11.8 Å². The average molecular weight is 302 g/mol. The minimum absolute atomic E-state index is 0.182. The van der Waals surface area contributed by atoms with E-state index in [4.69, 9.17) is 0 Å². The number of hydrogen-bond donors (Lipinski definition) is 4. The third-order valence-electron chi connectivity index (χ3n) is 3.45. The topological polar surface area (TPSA) is 98.7 Å². The second kappa shape index (κ2) is 7.75. The van der Waals surface area contributed by atoms with Gasteiger partial charge in [-0.2, -0.15) is 0 Å². The number of rotatable bonds is 6. The Morgan fingerprint density at radius 1 is 0.810 bits per heavy atom. The molecule has 21 heavy (non-hydrogen) atoms. The number of amides is 2. The highest BCUT2D eigenvalue weighted by Gasteiger charge is 2.28. The van der Waals surface area contributed by atoms with Gasteiger partial charge in [0.2, 0.25) is 11.8 Å². The molecule has 0 radical (unpaired) electrons. The van der Waals surface area contributed by atoms with Crippen LogP contribution in [0.4, 0.5) is 0 Å². The van der Waals surface area contributed by atoms with Gasteiger partial charge in [0.05, 0.1) is 25.3 Å². The molecule has 2 amide bonds. The molecule has 0 fully saturated rings. The Kier molecular flexibility index (Phi) is 7.33. The number of aliphatic hydroxyl groups excluding tert-OH is 2. The standard InChI is InChI=1S/C15H30N2O4/c1-14(2,3)10(8-18)16-12(20)7-13(21)17-11(9-19)15(4,5)6/h10-11,18-19H,7-9H2,1-6H3,(H,16,20)(H,17,21)/t10-,11-/m1/s1. The fraction of sp³-hybridized carbons (Fsp3) is 0.867. The fourth-order valence-electron chi connectivity index (χ4n) is 1.71. The molecule has 124 valence electrons. The Morgan fingerprint density at radius 2 is 1.10 bits per heavy atom. The molecule has 0 unspecified atom stereocenters. The van der Waals surface area contributed by atoms with E-state index in [9.17, 15) is 19.8 Å². The Morgan fingerprint density at radius 3 is 1.29 bits per heavy atom. The quantitative estimate of drug-likeness (QED) is 0.535. The van der Waals surface area contributed by atoms with Gasteiger partial charge in [0.25, 0.3) is 0 Å². The number of carbonyl (C=O) groups is 2. The molecule has 0 aromatic carbocycles. The smallest absolute Gasteiger partial charge is 0.229 e. The van der Waals surface area contributed by atoms with Crippen molar-refractivity contribution in [2.45, 2.75) is 60.0 Å². The van der Waals surface area contributed by atoms with Crippen molar-refractivity contribution in [3.63, 3.8) is 0 Å². The van der Waals surface area contributed by atoms with Gasteiger partial charge < -0.3 is 20.8 Å². The van der Waals surface area contributed by atoms with Gasteiger partial charge in [-0.3, -0.25) is 9.59 Å². The maximum atomic E-state index is 11.8. The molecule has 0 heterocycles. The molecule has 6 heteroatoms. The molecular formula is C15H30N2O4. The molecular weight excluding hydrogens is 272 g/mol. The largest absolute Gasteiger partial charge is 0.394 e. The molecule has 0 aliphatic heterocycles. The van der Waals surface area contributed by atoms with Gasteiger partial charge in [-0.15, -0.1) is 0 Å². The first-order valence-electron chi connectivity index (χ1n) is 7.22. The van der Waals surface area contributed by atoms with Crippen LogP contribution in [0, 0.1) is 10.8 Å². The Bertz CT molecular complexity index is 322. The van der Waals surface area contributed by atoms with E-state index >= 15 is 0 Å². The van der Waals surface area contributed by atoms with Crippen molar-refractivity contribution in [3.8, 4) is 0 Å². The number of hydrogen-bond acceptors (Lipinski definition) is 4. The lowest BCUT2D eigenvalue weighted by molar-refractivity contribution is -0.131. The van der Waals surface area contributed by atoms with Crippen LogP contribution in [-0.4, -0.2) is 47.3 Å². The summed E-state index contributed by atoms with van der Waals surface area (Å²) in [5.74, 6) is -0.876. The Hall–Kier alpha value is -1.14. The third-order valence-corrected chi connectivity index (χ3v) is 3.45. The van der Waals surface area contributed by atoms with E-state index in [-0.39, 0.29) is 30.5 Å². The zero-order chi connectivity index (χ0) is 16.8. The molecule has 0 saturated carbocycles. The summed E-state index contributed by atoms with van der Waals surface area (Å²) in [6.07, 6.45) is -0.320. The molecule has 4 N–H and O–H groups in total. The van der Waals surface area contributed by atoms with Crippen LogP contribution in [0.15, 0.2) is 0 Å². The van der Waals surface area contributed by atoms with Crippen LogP contribution in [0.2, 0.25) is 0 Å². The molecule has 0 bridgehead atoms. The van der Waals surface area contributed by atoms with Crippen LogP contribution in [0.3, 0.4) is 0 Å². The second-order valence-electron chi connectivity index (χ2n) is 7.51. The molecule has 0 spiro atoms. The summed E-state index contributed by atoms with van der Waals surface area (Å²) in [6, 6.07) is -0.817. The van der Waals surface area contributed by atoms with Crippen molar-refractivity contribution in [3.05, 3.63) is 0 Å². The highest BCUT2D eigenvalue weighted by atomic mass is 16.3. The molecule has 0 aromatic heterocycles. The highest BCUT2D eigenvalue weighted by molar-refractivity contribution is 5.97. The molecule has 0 saturated heterocycles. The van der Waals surface area contributed by atoms with E-state index < -0.39 is 23.9 Å². The second-order valence-corrected chi connectivity index (χ2v) is 7.51. The van der Waals surface area contributed by atoms with Crippen LogP contribution < -0.4 is 10.6 Å². The minimum Gasteiger partial charge on any atom is -0.394 e. The summed E-state index contributed by atoms with van der Waals surface area (Å²) in [5, 5.41) is 23.9. The van der Waals surface area contributed by atoms with E-state index in [0.29, 0.717) is 0 Å². The average Bonchev–Trinajstić information content (AvgIpc) is 2.29. The number of aliphatic hydroxyl groups is 2. The first kappa shape index (κ1) is 19.9. The van der Waals surface area contributed by atoms with Crippen molar-refractivity contribution in [2.75, 3.05) is 13.2 Å². The maximum absolute atomic E-state index is 11.8. The molecule has 0 rings (SSSR count). The molecule has 0 aliphatic carbocycles. The zero-order valence-corrected chi connectivity index (χ0v) is 14.0. The van der Waals surface area contributed by atoms with E-state index in [1.165, 1.54) is 0 Å². The van der Waals surface area contributed by atoms with Gasteiger partial charge in [0.1, 0.15) is 6.42 Å². The lowest BCUT2D eigenvalue weighted by Gasteiger charge is -2.31. The first-order chi connectivity index (χ1) is 9.41. The van der Waals surface area contributed by atoms with Gasteiger partial charge in [-0.25, -0.2) is 0 Å². The van der Waals surface area contributed by atoms with Crippen LogP contribution in [0.25, 0.3) is 0 Å². The predicted octanol–water partition coefficient (Wildman–Crippen LogP) is 0.423. The van der Waals surface area contributed by atoms with Crippen LogP contribution in [0.1, 0.15) is 48.0 Å². The lowest BCUT2D eigenvalue weighted by atomic mass is 9.87. The van der Waals surface area contributed by atoms with Crippen LogP contribution >= 0.6 is 0 Å². The molecule has 0 aliphatic rings. The Labute approximate surface area is 127 Å². The third kappa shape index (κ3) is 7.43. The summed E-state index contributed by atoms with van der Waals surface area (Å²) in [6.45, 7) is 11.0. The number of nitrogens with one attached hydrogen (secondary N) is 2. The van der Waals surface area contributed by atoms with Gasteiger partial charge in [0, 0.05) is 0 Å². The summed E-state index contributed by atoms with van der Waals surface area (Å²) in [5.41, 5.74) is -0.583. The van der Waals surface area contributed by atoms with Crippen LogP contribution in [-0.2, 0) is 9.59 Å². The SMILES string of the molecule is CC(C)(C)[C@@H](CO)NC(=O)CC(=O)N[C@H](CO)C(C)(C)C. The van der Waals surface area contributed by atoms with Gasteiger partial charge in [-0.1, -0.05) is 41.5 Å². The van der Waals surface area contributed by atoms with E-state index in [0.717, 1.165) is 0 Å². The highest BCUT2D eigenvalue weighted by Crippen LogP contribution is 2.19. The van der Waals surface area contributed by atoms with Gasteiger partial charge >= 0.3 is 0 Å². The van der Waals surface area contributed by atoms with Crippen LogP contribution in [0.5, 0.6) is 0 Å². The summed E-state index contributed by atoms with van der Waals surface area (Å²) in [4.78, 5) is 23.7. The monoisotopic (exact) mass is 302 g/mol. The first-order valence-corrected chi connectivity index (χ1v) is 7.22. The van der Waals surface area contributed by atoms with Gasteiger partial charge in [0.15, 0.2) is 0 Å². The molecule has 6 nitrogen and oxygen atoms in total. The van der Waals surface area contributed by atoms with E-state index in [2.05, 4.69) is 10.6 Å². The summed E-state index contributed by atoms with van der Waals surface area (Å²) < 4.78 is 0. The van der Waals surface area contributed by atoms with Crippen molar-refractivity contribution < 1.29 is 19.8 Å². The summed E-state index contributed by atoms with van der Waals surface area (Å²) >= 11 is 0. The minimum atomic E-state index is -0.438. The van der Waals surface area contributed by atoms with Crippen molar-refractivity contribution in [2.24, 2.45) is 10.8 Å². The van der Waals surface area contributed by atoms with E-state index in [1.54, 1.807) is 0 Å². The fourth-order valence-corrected chi connectivity index (χ4v) is 1.71. The summed E-state index contributed by atoms with van der Waals surface area (Å²) in [7, 11) is 0. The predicted molar refractivity (Wildman–Crippen MR) is 81.6 cm³/mol. The van der Waals surface area contributed by atoms with Crippen molar-refractivity contribution in [1.82, 2.24) is 10.6 Å². The lowest BCUT2D eigenvalue weighted by Crippen LogP contribution is -2.50. The normalized spacial score (nSPS) is 15.2. The van der Waals surface area contributed by atoms with Gasteiger partial charge in [-0.05, 0) is 10.8 Å². The Balaban J connectivity index is 4.49. The molecule has 0 aromatic rings. The number of carbonyl (C=O) groups excluding carboxylic acids is 2. The molecule has 2 atom stereocenters. The zero-order valence-electron chi connectivity index (χ0n) is 14.0. The van der Waals surface area contributed by atoms with E-state index in [1.807, 2.05) is 41.5 Å². The maximum Gasteiger partial charge on any atom is 0.229 e. The van der Waals surface area contributed by atoms with Crippen molar-refractivity contribution in [1.29, 1.82) is 0 Å².